The van der Waals surface area contributed by atoms with Gasteiger partial charge in [0.05, 0.1) is 16.9 Å². The maximum Gasteiger partial charge on any atom is 0.303 e. The highest BCUT2D eigenvalue weighted by Gasteiger charge is 2.29. The van der Waals surface area contributed by atoms with Crippen LogP contribution < -0.4 is 10.6 Å². The minimum atomic E-state index is -3.21. The lowest BCUT2D eigenvalue weighted by molar-refractivity contribution is -0.114. The maximum atomic E-state index is 13.9. The van der Waals surface area contributed by atoms with E-state index in [0.29, 0.717) is 34.6 Å². The minimum absolute atomic E-state index is 0.165. The molecule has 0 radical (unpaired) electrons. The predicted molar refractivity (Wildman–Crippen MR) is 111 cm³/mol. The van der Waals surface area contributed by atoms with Gasteiger partial charge in [-0.05, 0) is 18.6 Å². The normalized spacial score (nSPS) is 11.0. The Balaban J connectivity index is 2.09. The lowest BCUT2D eigenvalue weighted by atomic mass is 10.1. The Hall–Kier alpha value is -4.00. The number of nitrogens with one attached hydrogen (secondary N) is 2. The van der Waals surface area contributed by atoms with Gasteiger partial charge in [-0.1, -0.05) is 6.92 Å². The Labute approximate surface area is 177 Å². The molecule has 0 atom stereocenters. The smallest absolute Gasteiger partial charge is 0.303 e. The standard InChI is InChI=1S/C21H19F2N7O/c1-4-14-7-19(30-20(28-14)21(3,22)23)29-17-8-18(27-12(2)31)26-11-15(17)16-6-5-13(9-24)10-25-16/h5-8,10-11H,4H2,1-3H3,(H2,26,27,28,29,30,31). The van der Waals surface area contributed by atoms with Gasteiger partial charge >= 0.3 is 5.92 Å². The van der Waals surface area contributed by atoms with E-state index in [0.717, 1.165) is 6.92 Å². The molecule has 10 heteroatoms. The number of halogens is 2. The zero-order valence-corrected chi connectivity index (χ0v) is 17.1. The third kappa shape index (κ3) is 5.33. The predicted octanol–water partition coefficient (Wildman–Crippen LogP) is 4.18. The summed E-state index contributed by atoms with van der Waals surface area (Å²) in [4.78, 5) is 27.8. The topological polar surface area (TPSA) is 116 Å². The van der Waals surface area contributed by atoms with E-state index in [1.165, 1.54) is 19.3 Å². The molecule has 0 aliphatic carbocycles. The summed E-state index contributed by atoms with van der Waals surface area (Å²) in [7, 11) is 0. The molecule has 0 saturated heterocycles. The monoisotopic (exact) mass is 423 g/mol. The molecule has 0 saturated carbocycles. The quantitative estimate of drug-likeness (QED) is 0.611. The van der Waals surface area contributed by atoms with Crippen LogP contribution in [0.3, 0.4) is 0 Å². The van der Waals surface area contributed by atoms with E-state index < -0.39 is 11.7 Å². The van der Waals surface area contributed by atoms with Crippen molar-refractivity contribution in [2.24, 2.45) is 0 Å². The molecule has 0 aliphatic rings. The van der Waals surface area contributed by atoms with E-state index in [1.807, 2.05) is 6.07 Å². The number of nitrogens with zero attached hydrogens (tertiary/aromatic N) is 5. The van der Waals surface area contributed by atoms with Gasteiger partial charge in [0, 0.05) is 49.6 Å². The van der Waals surface area contributed by atoms with Crippen molar-refractivity contribution >= 4 is 23.2 Å². The van der Waals surface area contributed by atoms with Gasteiger partial charge < -0.3 is 10.6 Å². The van der Waals surface area contributed by atoms with Crippen LogP contribution in [0, 0.1) is 11.3 Å². The van der Waals surface area contributed by atoms with E-state index >= 15 is 0 Å². The fraction of sp³-hybridized carbons (Fsp3) is 0.238. The van der Waals surface area contributed by atoms with Gasteiger partial charge in [0.25, 0.3) is 0 Å². The summed E-state index contributed by atoms with van der Waals surface area (Å²) in [6, 6.07) is 8.36. The van der Waals surface area contributed by atoms with Crippen LogP contribution in [-0.2, 0) is 17.1 Å². The van der Waals surface area contributed by atoms with Gasteiger partial charge in [-0.3, -0.25) is 9.78 Å². The highest BCUT2D eigenvalue weighted by Crippen LogP contribution is 2.31. The van der Waals surface area contributed by atoms with Crippen LogP contribution in [0.5, 0.6) is 0 Å². The third-order valence-corrected chi connectivity index (χ3v) is 4.17. The summed E-state index contributed by atoms with van der Waals surface area (Å²) in [5.74, 6) is -3.69. The second-order valence-electron chi connectivity index (χ2n) is 6.78. The fourth-order valence-electron chi connectivity index (χ4n) is 2.71. The van der Waals surface area contributed by atoms with Crippen molar-refractivity contribution in [1.29, 1.82) is 5.26 Å². The van der Waals surface area contributed by atoms with Gasteiger partial charge in [-0.15, -0.1) is 0 Å². The third-order valence-electron chi connectivity index (χ3n) is 4.17. The molecule has 3 aromatic rings. The Morgan fingerprint density at radius 1 is 1.16 bits per heavy atom. The van der Waals surface area contributed by atoms with Gasteiger partial charge in [0.1, 0.15) is 17.7 Å². The van der Waals surface area contributed by atoms with E-state index in [9.17, 15) is 13.6 Å². The molecule has 0 spiro atoms. The Morgan fingerprint density at radius 2 is 1.94 bits per heavy atom. The number of nitriles is 1. The molecule has 0 aliphatic heterocycles. The zero-order chi connectivity index (χ0) is 22.6. The fourth-order valence-corrected chi connectivity index (χ4v) is 2.71. The van der Waals surface area contributed by atoms with Crippen LogP contribution in [0.1, 0.15) is 37.9 Å². The summed E-state index contributed by atoms with van der Waals surface area (Å²) in [6.45, 7) is 3.88. The molecule has 3 aromatic heterocycles. The number of aromatic nitrogens is 4. The van der Waals surface area contributed by atoms with Crippen LogP contribution in [0.2, 0.25) is 0 Å². The largest absolute Gasteiger partial charge is 0.339 e. The summed E-state index contributed by atoms with van der Waals surface area (Å²) < 4.78 is 27.7. The van der Waals surface area contributed by atoms with Crippen LogP contribution in [0.25, 0.3) is 11.3 Å². The van der Waals surface area contributed by atoms with Crippen molar-refractivity contribution < 1.29 is 13.6 Å². The van der Waals surface area contributed by atoms with Crippen molar-refractivity contribution in [3.8, 4) is 17.3 Å². The first-order valence-corrected chi connectivity index (χ1v) is 9.37. The van der Waals surface area contributed by atoms with Crippen molar-refractivity contribution in [1.82, 2.24) is 19.9 Å². The Bertz CT molecular complexity index is 1150. The zero-order valence-electron chi connectivity index (χ0n) is 17.1. The molecule has 158 valence electrons. The number of pyridine rings is 2. The van der Waals surface area contributed by atoms with Crippen LogP contribution in [0.15, 0.2) is 36.7 Å². The van der Waals surface area contributed by atoms with Crippen LogP contribution in [-0.4, -0.2) is 25.8 Å². The molecule has 3 rings (SSSR count). The van der Waals surface area contributed by atoms with Crippen LogP contribution in [0.4, 0.5) is 26.1 Å². The van der Waals surface area contributed by atoms with E-state index in [2.05, 4.69) is 30.6 Å². The molecular weight excluding hydrogens is 404 g/mol. The number of aryl methyl sites for hydroxylation is 1. The molecule has 3 heterocycles. The highest BCUT2D eigenvalue weighted by atomic mass is 19.3. The number of anilines is 3. The molecule has 0 unspecified atom stereocenters. The van der Waals surface area contributed by atoms with Crippen molar-refractivity contribution in [3.63, 3.8) is 0 Å². The molecular formula is C21H19F2N7O. The van der Waals surface area contributed by atoms with Crippen molar-refractivity contribution in [3.05, 3.63) is 53.7 Å². The number of carbonyl (C=O) groups is 1. The first kappa shape index (κ1) is 21.7. The molecule has 0 aromatic carbocycles. The van der Waals surface area contributed by atoms with Gasteiger partial charge in [-0.25, -0.2) is 15.0 Å². The van der Waals surface area contributed by atoms with Gasteiger partial charge in [0.2, 0.25) is 11.7 Å². The summed E-state index contributed by atoms with van der Waals surface area (Å²) in [6.07, 6.45) is 3.34. The highest BCUT2D eigenvalue weighted by molar-refractivity contribution is 5.89. The van der Waals surface area contributed by atoms with Crippen molar-refractivity contribution in [2.75, 3.05) is 10.6 Å². The first-order chi connectivity index (χ1) is 14.7. The Morgan fingerprint density at radius 3 is 2.52 bits per heavy atom. The summed E-state index contributed by atoms with van der Waals surface area (Å²) in [5, 5.41) is 14.6. The molecule has 31 heavy (non-hydrogen) atoms. The average molecular weight is 423 g/mol. The second-order valence-corrected chi connectivity index (χ2v) is 6.78. The number of alkyl halides is 2. The number of rotatable bonds is 6. The second kappa shape index (κ2) is 8.79. The minimum Gasteiger partial charge on any atom is -0.339 e. The number of hydrogen-bond acceptors (Lipinski definition) is 7. The molecule has 8 nitrogen and oxygen atoms in total. The van der Waals surface area contributed by atoms with Gasteiger partial charge in [0.15, 0.2) is 0 Å². The number of hydrogen-bond donors (Lipinski definition) is 2. The molecule has 0 bridgehead atoms. The van der Waals surface area contributed by atoms with E-state index in [4.69, 9.17) is 5.26 Å². The number of carbonyl (C=O) groups excluding carboxylic acids is 1. The van der Waals surface area contributed by atoms with Crippen LogP contribution >= 0.6 is 0 Å². The lowest BCUT2D eigenvalue weighted by Crippen LogP contribution is -2.15. The average Bonchev–Trinajstić information content (AvgIpc) is 2.73. The Kier molecular flexibility index (Phi) is 6.15. The molecule has 0 fully saturated rings. The SMILES string of the molecule is CCc1cc(Nc2cc(NC(C)=O)ncc2-c2ccc(C#N)cn2)nc(C(C)(F)F)n1. The molecule has 1 amide bonds. The summed E-state index contributed by atoms with van der Waals surface area (Å²) >= 11 is 0. The lowest BCUT2D eigenvalue weighted by Gasteiger charge is -2.16. The van der Waals surface area contributed by atoms with E-state index in [1.54, 1.807) is 31.2 Å². The molecule has 2 N–H and O–H groups in total. The summed E-state index contributed by atoms with van der Waals surface area (Å²) in [5.41, 5.74) is 2.29. The van der Waals surface area contributed by atoms with Gasteiger partial charge in [-0.2, -0.15) is 14.0 Å². The number of amides is 1. The maximum absolute atomic E-state index is 13.9. The van der Waals surface area contributed by atoms with E-state index in [-0.39, 0.29) is 17.5 Å². The first-order valence-electron chi connectivity index (χ1n) is 9.37. The van der Waals surface area contributed by atoms with Crippen molar-refractivity contribution in [2.45, 2.75) is 33.1 Å².